The highest BCUT2D eigenvalue weighted by molar-refractivity contribution is 7.11. The lowest BCUT2D eigenvalue weighted by atomic mass is 10.1. The molecule has 0 saturated carbocycles. The number of benzene rings is 2. The van der Waals surface area contributed by atoms with Crippen molar-refractivity contribution in [2.75, 3.05) is 7.11 Å². The van der Waals surface area contributed by atoms with Crippen LogP contribution in [0.2, 0.25) is 5.02 Å². The van der Waals surface area contributed by atoms with Crippen LogP contribution >= 0.6 is 22.9 Å². The minimum Gasteiger partial charge on any atom is -0.497 e. The quantitative estimate of drug-likeness (QED) is 0.579. The summed E-state index contributed by atoms with van der Waals surface area (Å²) in [4.78, 5) is 4.57. The minimum atomic E-state index is 0.533. The van der Waals surface area contributed by atoms with E-state index < -0.39 is 0 Å². The van der Waals surface area contributed by atoms with Gasteiger partial charge in [0, 0.05) is 16.0 Å². The molecule has 0 atom stereocenters. The summed E-state index contributed by atoms with van der Waals surface area (Å²) >= 11 is 7.36. The van der Waals surface area contributed by atoms with Crippen LogP contribution in [0.3, 0.4) is 0 Å². The van der Waals surface area contributed by atoms with Gasteiger partial charge >= 0.3 is 0 Å². The molecule has 5 heteroatoms. The molecular formula is C19H13ClN2OS. The number of aromatic nitrogens is 1. The first-order valence-electron chi connectivity index (χ1n) is 7.17. The molecular weight excluding hydrogens is 340 g/mol. The van der Waals surface area contributed by atoms with Crippen molar-refractivity contribution >= 4 is 34.6 Å². The summed E-state index contributed by atoms with van der Waals surface area (Å²) in [7, 11) is 1.62. The maximum atomic E-state index is 9.46. The third kappa shape index (κ3) is 3.65. The number of hydrogen-bond donors (Lipinski definition) is 0. The van der Waals surface area contributed by atoms with Gasteiger partial charge in [0.15, 0.2) is 0 Å². The van der Waals surface area contributed by atoms with Gasteiger partial charge in [-0.3, -0.25) is 0 Å². The molecule has 3 rings (SSSR count). The first-order valence-corrected chi connectivity index (χ1v) is 8.43. The highest BCUT2D eigenvalue weighted by Crippen LogP contribution is 2.28. The Morgan fingerprint density at radius 2 is 1.88 bits per heavy atom. The van der Waals surface area contributed by atoms with Gasteiger partial charge in [-0.2, -0.15) is 5.26 Å². The van der Waals surface area contributed by atoms with E-state index in [0.717, 1.165) is 22.6 Å². The fourth-order valence-electron chi connectivity index (χ4n) is 2.16. The van der Waals surface area contributed by atoms with E-state index in [1.165, 1.54) is 11.3 Å². The molecule has 0 radical (unpaired) electrons. The number of ether oxygens (including phenoxy) is 1. The van der Waals surface area contributed by atoms with Gasteiger partial charge in [0.05, 0.1) is 18.4 Å². The Morgan fingerprint density at radius 1 is 1.17 bits per heavy atom. The summed E-state index contributed by atoms with van der Waals surface area (Å²) < 4.78 is 5.14. The maximum Gasteiger partial charge on any atom is 0.134 e. The molecule has 0 amide bonds. The Balaban J connectivity index is 1.90. The van der Waals surface area contributed by atoms with E-state index in [-0.39, 0.29) is 0 Å². The van der Waals surface area contributed by atoms with Crippen LogP contribution in [0.4, 0.5) is 0 Å². The van der Waals surface area contributed by atoms with Crippen molar-refractivity contribution < 1.29 is 4.74 Å². The molecule has 2 aromatic carbocycles. The highest BCUT2D eigenvalue weighted by atomic mass is 35.5. The van der Waals surface area contributed by atoms with E-state index in [0.29, 0.717) is 15.6 Å². The van der Waals surface area contributed by atoms with Crippen molar-refractivity contribution in [3.63, 3.8) is 0 Å². The first-order chi connectivity index (χ1) is 11.7. The zero-order valence-electron chi connectivity index (χ0n) is 12.9. The van der Waals surface area contributed by atoms with Crippen molar-refractivity contribution in [1.29, 1.82) is 5.26 Å². The predicted octanol–water partition coefficient (Wildman–Crippen LogP) is 5.54. The third-order valence-electron chi connectivity index (χ3n) is 3.42. The topological polar surface area (TPSA) is 45.9 Å². The van der Waals surface area contributed by atoms with Gasteiger partial charge in [-0.05, 0) is 35.9 Å². The zero-order valence-corrected chi connectivity index (χ0v) is 14.4. The molecule has 1 heterocycles. The monoisotopic (exact) mass is 352 g/mol. The van der Waals surface area contributed by atoms with Crippen LogP contribution in [0.5, 0.6) is 5.75 Å². The van der Waals surface area contributed by atoms with Crippen molar-refractivity contribution in [2.45, 2.75) is 0 Å². The second-order valence-electron chi connectivity index (χ2n) is 4.99. The molecule has 118 valence electrons. The molecule has 0 bridgehead atoms. The number of nitrogens with zero attached hydrogens (tertiary/aromatic N) is 2. The van der Waals surface area contributed by atoms with Crippen molar-refractivity contribution in [3.05, 3.63) is 69.5 Å². The molecule has 1 aromatic heterocycles. The molecule has 0 fully saturated rings. The van der Waals surface area contributed by atoms with Crippen LogP contribution in [-0.4, -0.2) is 12.1 Å². The van der Waals surface area contributed by atoms with E-state index in [9.17, 15) is 5.26 Å². The largest absolute Gasteiger partial charge is 0.497 e. The van der Waals surface area contributed by atoms with Crippen molar-refractivity contribution in [2.24, 2.45) is 0 Å². The first kappa shape index (κ1) is 16.3. The second-order valence-corrected chi connectivity index (χ2v) is 6.28. The molecule has 3 nitrogen and oxygen atoms in total. The average molecular weight is 353 g/mol. The van der Waals surface area contributed by atoms with E-state index in [1.54, 1.807) is 7.11 Å². The van der Waals surface area contributed by atoms with Crippen LogP contribution in [-0.2, 0) is 0 Å². The van der Waals surface area contributed by atoms with E-state index in [2.05, 4.69) is 11.1 Å². The van der Waals surface area contributed by atoms with Crippen LogP contribution in [0.25, 0.3) is 22.9 Å². The number of thiazole rings is 1. The second kappa shape index (κ2) is 7.31. The lowest BCUT2D eigenvalue weighted by Crippen LogP contribution is -1.84. The van der Waals surface area contributed by atoms with Gasteiger partial charge in [-0.1, -0.05) is 35.9 Å². The van der Waals surface area contributed by atoms with Gasteiger partial charge in [0.1, 0.15) is 16.8 Å². The zero-order chi connectivity index (χ0) is 16.9. The fourth-order valence-corrected chi connectivity index (χ4v) is 3.08. The lowest BCUT2D eigenvalue weighted by Gasteiger charge is -2.00. The Morgan fingerprint density at radius 3 is 2.50 bits per heavy atom. The number of nitriles is 1. The van der Waals surface area contributed by atoms with E-state index in [1.807, 2.05) is 60.0 Å². The predicted molar refractivity (Wildman–Crippen MR) is 99.0 cm³/mol. The summed E-state index contributed by atoms with van der Waals surface area (Å²) in [6.07, 6.45) is 1.82. The van der Waals surface area contributed by atoms with E-state index >= 15 is 0 Å². The molecule has 0 saturated heterocycles. The molecule has 24 heavy (non-hydrogen) atoms. The normalized spacial score (nSPS) is 11.1. The van der Waals surface area contributed by atoms with E-state index in [4.69, 9.17) is 16.3 Å². The number of allylic oxidation sites excluding steroid dienone is 1. The van der Waals surface area contributed by atoms with Crippen LogP contribution in [0.1, 0.15) is 10.6 Å². The molecule has 3 aromatic rings. The van der Waals surface area contributed by atoms with Crippen LogP contribution in [0.15, 0.2) is 53.9 Å². The molecule has 0 spiro atoms. The van der Waals surface area contributed by atoms with Crippen LogP contribution in [0, 0.1) is 11.3 Å². The van der Waals surface area contributed by atoms with Gasteiger partial charge in [-0.25, -0.2) is 4.98 Å². The van der Waals surface area contributed by atoms with Crippen molar-refractivity contribution in [1.82, 2.24) is 4.98 Å². The van der Waals surface area contributed by atoms with Gasteiger partial charge < -0.3 is 4.74 Å². The highest BCUT2D eigenvalue weighted by Gasteiger charge is 2.09. The number of rotatable bonds is 4. The molecule has 0 aliphatic heterocycles. The summed E-state index contributed by atoms with van der Waals surface area (Å²) in [5.41, 5.74) is 3.27. The Labute approximate surface area is 149 Å². The van der Waals surface area contributed by atoms with Gasteiger partial charge in [0.2, 0.25) is 0 Å². The number of methoxy groups -OCH3 is 1. The smallest absolute Gasteiger partial charge is 0.134 e. The molecule has 0 N–H and O–H groups in total. The van der Waals surface area contributed by atoms with Gasteiger partial charge in [-0.15, -0.1) is 11.3 Å². The summed E-state index contributed by atoms with van der Waals surface area (Å²) in [5.74, 6) is 0.782. The van der Waals surface area contributed by atoms with Crippen molar-refractivity contribution in [3.8, 4) is 23.1 Å². The molecule has 0 aliphatic rings. The summed E-state index contributed by atoms with van der Waals surface area (Å²) in [6, 6.07) is 17.3. The Hall–Kier alpha value is -2.61. The standard InChI is InChI=1S/C19H13ClN2OS/c1-23-17-8-2-13(3-9-17)10-15(11-21)19-22-18(12-24-19)14-4-6-16(20)7-5-14/h2-10,12H,1H3/b15-10+. The molecule has 0 unspecified atom stereocenters. The maximum absolute atomic E-state index is 9.46. The van der Waals surface area contributed by atoms with Crippen LogP contribution < -0.4 is 4.74 Å². The number of hydrogen-bond acceptors (Lipinski definition) is 4. The SMILES string of the molecule is COc1ccc(/C=C(\C#N)c2nc(-c3ccc(Cl)cc3)cs2)cc1. The fraction of sp³-hybridized carbons (Fsp3) is 0.0526. The molecule has 0 aliphatic carbocycles. The Kier molecular flexibility index (Phi) is 4.95. The lowest BCUT2D eigenvalue weighted by molar-refractivity contribution is 0.415. The summed E-state index contributed by atoms with van der Waals surface area (Å²) in [6.45, 7) is 0. The third-order valence-corrected chi connectivity index (χ3v) is 4.55. The summed E-state index contributed by atoms with van der Waals surface area (Å²) in [5, 5.41) is 12.8. The number of halogens is 1. The Bertz CT molecular complexity index is 906. The minimum absolute atomic E-state index is 0.533. The average Bonchev–Trinajstić information content (AvgIpc) is 3.10. The van der Waals surface area contributed by atoms with Gasteiger partial charge in [0.25, 0.3) is 0 Å².